The Kier molecular flexibility index (Phi) is 4.77. The Bertz CT molecular complexity index is 572. The number of amides is 1. The van der Waals surface area contributed by atoms with Crippen molar-refractivity contribution < 1.29 is 4.79 Å². The van der Waals surface area contributed by atoms with Gasteiger partial charge in [0.25, 0.3) is 0 Å². The standard InChI is InChI=1S/C16H23N3O/c1-4-13(5-2)10-17-16(20)12(3)19-11-18-14-8-6-7-9-15(14)19/h6-9,11-13H,4-5,10H2,1-3H3,(H,17,20). The van der Waals surface area contributed by atoms with Crippen molar-refractivity contribution in [1.29, 1.82) is 0 Å². The molecule has 4 nitrogen and oxygen atoms in total. The first kappa shape index (κ1) is 14.6. The molecule has 1 aromatic heterocycles. The van der Waals surface area contributed by atoms with Crippen LogP contribution in [-0.2, 0) is 4.79 Å². The highest BCUT2D eigenvalue weighted by Gasteiger charge is 2.17. The van der Waals surface area contributed by atoms with Crippen molar-refractivity contribution in [3.8, 4) is 0 Å². The van der Waals surface area contributed by atoms with E-state index in [1.807, 2.05) is 35.8 Å². The lowest BCUT2D eigenvalue weighted by Gasteiger charge is -2.17. The number of carbonyl (C=O) groups is 1. The van der Waals surface area contributed by atoms with Gasteiger partial charge in [-0.2, -0.15) is 0 Å². The number of benzene rings is 1. The Morgan fingerprint density at radius 3 is 2.70 bits per heavy atom. The molecule has 0 fully saturated rings. The molecule has 1 unspecified atom stereocenters. The number of nitrogens with zero attached hydrogens (tertiary/aromatic N) is 2. The van der Waals surface area contributed by atoms with E-state index in [-0.39, 0.29) is 11.9 Å². The van der Waals surface area contributed by atoms with Crippen LogP contribution in [0.15, 0.2) is 30.6 Å². The predicted octanol–water partition coefficient (Wildman–Crippen LogP) is 3.15. The third-order valence-electron chi connectivity index (χ3n) is 4.00. The molecule has 1 heterocycles. The highest BCUT2D eigenvalue weighted by atomic mass is 16.2. The van der Waals surface area contributed by atoms with Crippen molar-refractivity contribution in [2.45, 2.75) is 39.7 Å². The normalized spacial score (nSPS) is 12.8. The van der Waals surface area contributed by atoms with Gasteiger partial charge in [0.05, 0.1) is 17.4 Å². The molecule has 0 saturated heterocycles. The average Bonchev–Trinajstić information content (AvgIpc) is 2.91. The molecule has 108 valence electrons. The maximum Gasteiger partial charge on any atom is 0.242 e. The molecule has 0 aliphatic carbocycles. The minimum Gasteiger partial charge on any atom is -0.354 e. The summed E-state index contributed by atoms with van der Waals surface area (Å²) in [6, 6.07) is 7.64. The van der Waals surface area contributed by atoms with Crippen LogP contribution >= 0.6 is 0 Å². The van der Waals surface area contributed by atoms with Crippen LogP contribution < -0.4 is 5.32 Å². The lowest BCUT2D eigenvalue weighted by molar-refractivity contribution is -0.124. The zero-order chi connectivity index (χ0) is 14.5. The highest BCUT2D eigenvalue weighted by molar-refractivity contribution is 5.83. The van der Waals surface area contributed by atoms with E-state index >= 15 is 0 Å². The highest BCUT2D eigenvalue weighted by Crippen LogP contribution is 2.17. The first-order chi connectivity index (χ1) is 9.67. The molecule has 0 bridgehead atoms. The average molecular weight is 273 g/mol. The number of nitrogens with one attached hydrogen (secondary N) is 1. The molecule has 20 heavy (non-hydrogen) atoms. The summed E-state index contributed by atoms with van der Waals surface area (Å²) in [5.41, 5.74) is 1.92. The zero-order valence-corrected chi connectivity index (χ0v) is 12.5. The summed E-state index contributed by atoms with van der Waals surface area (Å²) in [4.78, 5) is 16.6. The summed E-state index contributed by atoms with van der Waals surface area (Å²) in [7, 11) is 0. The van der Waals surface area contributed by atoms with Crippen molar-refractivity contribution in [1.82, 2.24) is 14.9 Å². The van der Waals surface area contributed by atoms with Gasteiger partial charge in [-0.15, -0.1) is 0 Å². The van der Waals surface area contributed by atoms with E-state index in [0.29, 0.717) is 5.92 Å². The first-order valence-electron chi connectivity index (χ1n) is 7.36. The minimum absolute atomic E-state index is 0.0556. The van der Waals surface area contributed by atoms with Gasteiger partial charge in [-0.25, -0.2) is 4.98 Å². The molecule has 0 aliphatic rings. The molecule has 1 atom stereocenters. The van der Waals surface area contributed by atoms with E-state index in [2.05, 4.69) is 24.1 Å². The van der Waals surface area contributed by atoms with E-state index in [9.17, 15) is 4.79 Å². The summed E-state index contributed by atoms with van der Waals surface area (Å²) in [6.07, 6.45) is 3.93. The van der Waals surface area contributed by atoms with E-state index in [0.717, 1.165) is 30.4 Å². The lowest BCUT2D eigenvalue weighted by atomic mass is 10.0. The van der Waals surface area contributed by atoms with Crippen LogP contribution in [0.5, 0.6) is 0 Å². The van der Waals surface area contributed by atoms with Crippen molar-refractivity contribution in [3.63, 3.8) is 0 Å². The van der Waals surface area contributed by atoms with Crippen molar-refractivity contribution >= 4 is 16.9 Å². The van der Waals surface area contributed by atoms with Crippen molar-refractivity contribution in [3.05, 3.63) is 30.6 Å². The Labute approximate surface area is 120 Å². The van der Waals surface area contributed by atoms with Crippen molar-refractivity contribution in [2.75, 3.05) is 6.54 Å². The van der Waals surface area contributed by atoms with Crippen LogP contribution in [0.3, 0.4) is 0 Å². The Morgan fingerprint density at radius 1 is 1.30 bits per heavy atom. The van der Waals surface area contributed by atoms with E-state index in [1.54, 1.807) is 6.33 Å². The lowest BCUT2D eigenvalue weighted by Crippen LogP contribution is -2.34. The Morgan fingerprint density at radius 2 is 2.00 bits per heavy atom. The van der Waals surface area contributed by atoms with Crippen LogP contribution in [0.2, 0.25) is 0 Å². The number of hydrogen-bond acceptors (Lipinski definition) is 2. The van der Waals surface area contributed by atoms with Crippen LogP contribution in [0.4, 0.5) is 0 Å². The molecular weight excluding hydrogens is 250 g/mol. The third-order valence-corrected chi connectivity index (χ3v) is 4.00. The molecular formula is C16H23N3O. The third kappa shape index (κ3) is 3.00. The first-order valence-corrected chi connectivity index (χ1v) is 7.36. The van der Waals surface area contributed by atoms with Crippen LogP contribution in [0.1, 0.15) is 39.7 Å². The number of aromatic nitrogens is 2. The number of hydrogen-bond donors (Lipinski definition) is 1. The molecule has 1 aromatic carbocycles. The van der Waals surface area contributed by atoms with Crippen LogP contribution in [0, 0.1) is 5.92 Å². The molecule has 0 spiro atoms. The molecule has 1 N–H and O–H groups in total. The van der Waals surface area contributed by atoms with Gasteiger partial charge in [0, 0.05) is 6.54 Å². The maximum absolute atomic E-state index is 12.3. The second-order valence-corrected chi connectivity index (χ2v) is 5.24. The second-order valence-electron chi connectivity index (χ2n) is 5.24. The number of imidazole rings is 1. The molecule has 0 aliphatic heterocycles. The smallest absolute Gasteiger partial charge is 0.242 e. The molecule has 1 amide bonds. The van der Waals surface area contributed by atoms with Gasteiger partial charge in [0.15, 0.2) is 0 Å². The summed E-state index contributed by atoms with van der Waals surface area (Å²) >= 11 is 0. The largest absolute Gasteiger partial charge is 0.354 e. The summed E-state index contributed by atoms with van der Waals surface area (Å²) in [5.74, 6) is 0.616. The molecule has 0 radical (unpaired) electrons. The number of para-hydroxylation sites is 2. The van der Waals surface area contributed by atoms with Gasteiger partial charge in [-0.05, 0) is 25.0 Å². The second kappa shape index (κ2) is 6.55. The number of rotatable bonds is 6. The summed E-state index contributed by atoms with van der Waals surface area (Å²) in [6.45, 7) is 6.99. The monoisotopic (exact) mass is 273 g/mol. The Balaban J connectivity index is 2.07. The van der Waals surface area contributed by atoms with E-state index in [4.69, 9.17) is 0 Å². The SMILES string of the molecule is CCC(CC)CNC(=O)C(C)n1cnc2ccccc21. The summed E-state index contributed by atoms with van der Waals surface area (Å²) < 4.78 is 1.93. The van der Waals surface area contributed by atoms with Crippen molar-refractivity contribution in [2.24, 2.45) is 5.92 Å². The number of carbonyl (C=O) groups excluding carboxylic acids is 1. The van der Waals surface area contributed by atoms with Crippen LogP contribution in [-0.4, -0.2) is 22.0 Å². The molecule has 2 rings (SSSR count). The minimum atomic E-state index is -0.239. The Hall–Kier alpha value is -1.84. The van der Waals surface area contributed by atoms with Gasteiger partial charge >= 0.3 is 0 Å². The quantitative estimate of drug-likeness (QED) is 0.879. The fraction of sp³-hybridized carbons (Fsp3) is 0.500. The van der Waals surface area contributed by atoms with Gasteiger partial charge in [0.2, 0.25) is 5.91 Å². The van der Waals surface area contributed by atoms with E-state index < -0.39 is 0 Å². The summed E-state index contributed by atoms with van der Waals surface area (Å²) in [5, 5.41) is 3.05. The molecule has 0 saturated carbocycles. The predicted molar refractivity (Wildman–Crippen MR) is 81.5 cm³/mol. The zero-order valence-electron chi connectivity index (χ0n) is 12.5. The van der Waals surface area contributed by atoms with Gasteiger partial charge in [0.1, 0.15) is 6.04 Å². The topological polar surface area (TPSA) is 46.9 Å². The maximum atomic E-state index is 12.3. The fourth-order valence-corrected chi connectivity index (χ4v) is 2.38. The fourth-order valence-electron chi connectivity index (χ4n) is 2.38. The van der Waals surface area contributed by atoms with Gasteiger partial charge < -0.3 is 9.88 Å². The van der Waals surface area contributed by atoms with Crippen LogP contribution in [0.25, 0.3) is 11.0 Å². The number of fused-ring (bicyclic) bond motifs is 1. The molecule has 4 heteroatoms. The molecule has 2 aromatic rings. The van der Waals surface area contributed by atoms with Gasteiger partial charge in [-0.1, -0.05) is 38.8 Å². The van der Waals surface area contributed by atoms with Gasteiger partial charge in [-0.3, -0.25) is 4.79 Å². The van der Waals surface area contributed by atoms with E-state index in [1.165, 1.54) is 0 Å².